The van der Waals surface area contributed by atoms with Crippen LogP contribution in [0, 0.1) is 0 Å². The Hall–Kier alpha value is -0.160. The summed E-state index contributed by atoms with van der Waals surface area (Å²) >= 11 is 0. The monoisotopic (exact) mass is 430 g/mol. The topological polar surface area (TPSA) is 47.9 Å². The van der Waals surface area contributed by atoms with Gasteiger partial charge in [-0.3, -0.25) is 0 Å². The van der Waals surface area contributed by atoms with Crippen LogP contribution >= 0.6 is 0 Å². The maximum absolute atomic E-state index is 10.3. The van der Waals surface area contributed by atoms with Gasteiger partial charge in [-0.25, -0.2) is 0 Å². The minimum Gasteiger partial charge on any atom is -0.391 e. The van der Waals surface area contributed by atoms with Gasteiger partial charge in [0.1, 0.15) is 0 Å². The maximum atomic E-state index is 10.3. The van der Waals surface area contributed by atoms with E-state index >= 15 is 0 Å². The van der Waals surface area contributed by atoms with Gasteiger partial charge in [0.2, 0.25) is 0 Å². The largest absolute Gasteiger partial charge is 0.391 e. The minimum absolute atomic E-state index is 0.0889. The Bertz CT molecular complexity index is 311. The average molecular weight is 431 g/mol. The fraction of sp³-hybridized carbons (Fsp3) is 1.00. The second kappa shape index (κ2) is 25.1. The van der Waals surface area contributed by atoms with Crippen LogP contribution in [0.15, 0.2) is 0 Å². The molecule has 4 heteroatoms. The van der Waals surface area contributed by atoms with E-state index in [0.29, 0.717) is 26.4 Å². The van der Waals surface area contributed by atoms with Crippen molar-refractivity contribution in [1.82, 2.24) is 0 Å². The summed E-state index contributed by atoms with van der Waals surface area (Å²) in [6, 6.07) is 0. The normalized spacial score (nSPS) is 13.6. The number of hydrogen-bond donors (Lipinski definition) is 1. The highest BCUT2D eigenvalue weighted by Gasteiger charge is 2.13. The molecule has 0 amide bonds. The fourth-order valence-electron chi connectivity index (χ4n) is 3.69. The van der Waals surface area contributed by atoms with Gasteiger partial charge in [0.25, 0.3) is 0 Å². The lowest BCUT2D eigenvalue weighted by atomic mass is 10.1. The zero-order valence-corrected chi connectivity index (χ0v) is 20.7. The maximum Gasteiger partial charge on any atom is 0.0809 e. The molecule has 0 aromatic rings. The number of aliphatic hydroxyl groups excluding tert-OH is 1. The summed E-state index contributed by atoms with van der Waals surface area (Å²) < 4.78 is 17.1. The lowest BCUT2D eigenvalue weighted by molar-refractivity contribution is -0.0609. The summed E-state index contributed by atoms with van der Waals surface area (Å²) in [5, 5.41) is 10.3. The Morgan fingerprint density at radius 3 is 1.63 bits per heavy atom. The average Bonchev–Trinajstić information content (AvgIpc) is 2.75. The highest BCUT2D eigenvalue weighted by molar-refractivity contribution is 4.62. The van der Waals surface area contributed by atoms with Crippen LogP contribution < -0.4 is 0 Å². The molecule has 0 bridgehead atoms. The van der Waals surface area contributed by atoms with Crippen LogP contribution in [0.4, 0.5) is 0 Å². The number of hydrogen-bond acceptors (Lipinski definition) is 4. The summed E-state index contributed by atoms with van der Waals surface area (Å²) in [5.74, 6) is 0. The smallest absolute Gasteiger partial charge is 0.0809 e. The van der Waals surface area contributed by atoms with Gasteiger partial charge in [0, 0.05) is 6.61 Å². The Morgan fingerprint density at radius 1 is 0.567 bits per heavy atom. The van der Waals surface area contributed by atoms with Crippen molar-refractivity contribution >= 4 is 0 Å². The molecule has 0 radical (unpaired) electrons. The second-order valence-electron chi connectivity index (χ2n) is 8.70. The molecule has 30 heavy (non-hydrogen) atoms. The highest BCUT2D eigenvalue weighted by atomic mass is 16.6. The summed E-state index contributed by atoms with van der Waals surface area (Å²) in [7, 11) is 0. The molecular formula is C26H54O4. The van der Waals surface area contributed by atoms with Crippen molar-refractivity contribution in [3.63, 3.8) is 0 Å². The van der Waals surface area contributed by atoms with E-state index in [1.54, 1.807) is 0 Å². The summed E-state index contributed by atoms with van der Waals surface area (Å²) in [6.07, 6.45) is 19.7. The van der Waals surface area contributed by atoms with Crippen molar-refractivity contribution in [2.24, 2.45) is 0 Å². The minimum atomic E-state index is -0.347. The predicted molar refractivity (Wildman–Crippen MR) is 128 cm³/mol. The lowest BCUT2D eigenvalue weighted by Crippen LogP contribution is -2.26. The van der Waals surface area contributed by atoms with E-state index in [1.165, 1.54) is 83.5 Å². The summed E-state index contributed by atoms with van der Waals surface area (Å²) in [5.41, 5.74) is 0. The van der Waals surface area contributed by atoms with Crippen molar-refractivity contribution in [1.29, 1.82) is 0 Å². The molecule has 0 heterocycles. The van der Waals surface area contributed by atoms with Gasteiger partial charge >= 0.3 is 0 Å². The molecule has 182 valence electrons. The molecule has 4 nitrogen and oxygen atoms in total. The molecule has 0 saturated carbocycles. The standard InChI is InChI=1S/C26H54O4/c1-4-7-9-11-13-15-17-19-25(27)23-30-26(24-29-22-21-28-6-3)20-18-16-14-12-10-8-5-2/h25-27H,4-24H2,1-3H3. The van der Waals surface area contributed by atoms with E-state index in [4.69, 9.17) is 14.2 Å². The van der Waals surface area contributed by atoms with Crippen LogP contribution in [-0.2, 0) is 14.2 Å². The van der Waals surface area contributed by atoms with E-state index in [2.05, 4.69) is 13.8 Å². The number of aliphatic hydroxyl groups is 1. The van der Waals surface area contributed by atoms with Crippen molar-refractivity contribution in [3.8, 4) is 0 Å². The zero-order valence-electron chi connectivity index (χ0n) is 20.7. The zero-order chi connectivity index (χ0) is 22.1. The first-order valence-electron chi connectivity index (χ1n) is 13.2. The van der Waals surface area contributed by atoms with Gasteiger partial charge < -0.3 is 19.3 Å². The molecule has 0 rings (SSSR count). The van der Waals surface area contributed by atoms with E-state index in [1.807, 2.05) is 6.92 Å². The van der Waals surface area contributed by atoms with Crippen LogP contribution in [0.3, 0.4) is 0 Å². The predicted octanol–water partition coefficient (Wildman–Crippen LogP) is 7.07. The van der Waals surface area contributed by atoms with Crippen molar-refractivity contribution in [3.05, 3.63) is 0 Å². The molecule has 2 atom stereocenters. The van der Waals surface area contributed by atoms with Crippen LogP contribution in [0.5, 0.6) is 0 Å². The van der Waals surface area contributed by atoms with Crippen LogP contribution in [0.1, 0.15) is 124 Å². The van der Waals surface area contributed by atoms with E-state index in [9.17, 15) is 5.11 Å². The van der Waals surface area contributed by atoms with Crippen molar-refractivity contribution in [2.75, 3.05) is 33.0 Å². The van der Waals surface area contributed by atoms with Crippen molar-refractivity contribution in [2.45, 2.75) is 136 Å². The Balaban J connectivity index is 3.91. The second-order valence-corrected chi connectivity index (χ2v) is 8.70. The molecule has 0 fully saturated rings. The molecule has 0 aromatic heterocycles. The lowest BCUT2D eigenvalue weighted by Gasteiger charge is -2.20. The molecule has 0 aliphatic rings. The van der Waals surface area contributed by atoms with Crippen LogP contribution in [0.25, 0.3) is 0 Å². The molecule has 0 spiro atoms. The van der Waals surface area contributed by atoms with Gasteiger partial charge in [-0.05, 0) is 19.8 Å². The van der Waals surface area contributed by atoms with Crippen molar-refractivity contribution < 1.29 is 19.3 Å². The SMILES string of the molecule is CCCCCCCCCC(O)COC(CCCCCCCCC)COCCOCC. The Labute approximate surface area is 188 Å². The summed E-state index contributed by atoms with van der Waals surface area (Å²) in [4.78, 5) is 0. The third-order valence-electron chi connectivity index (χ3n) is 5.67. The molecule has 0 saturated heterocycles. The molecule has 2 unspecified atom stereocenters. The van der Waals surface area contributed by atoms with E-state index in [-0.39, 0.29) is 12.2 Å². The third kappa shape index (κ3) is 22.5. The quantitative estimate of drug-likeness (QED) is 0.157. The van der Waals surface area contributed by atoms with Crippen LogP contribution in [-0.4, -0.2) is 50.3 Å². The number of unbranched alkanes of at least 4 members (excludes halogenated alkanes) is 12. The Morgan fingerprint density at radius 2 is 1.07 bits per heavy atom. The number of ether oxygens (including phenoxy) is 3. The first kappa shape index (κ1) is 29.8. The van der Waals surface area contributed by atoms with Gasteiger partial charge in [-0.2, -0.15) is 0 Å². The third-order valence-corrected chi connectivity index (χ3v) is 5.67. The van der Waals surface area contributed by atoms with Gasteiger partial charge in [0.05, 0.1) is 38.6 Å². The number of rotatable bonds is 25. The van der Waals surface area contributed by atoms with Gasteiger partial charge in [0.15, 0.2) is 0 Å². The van der Waals surface area contributed by atoms with E-state index in [0.717, 1.165) is 25.9 Å². The molecule has 0 aliphatic carbocycles. The van der Waals surface area contributed by atoms with E-state index < -0.39 is 0 Å². The van der Waals surface area contributed by atoms with Crippen LogP contribution in [0.2, 0.25) is 0 Å². The fourth-order valence-corrected chi connectivity index (χ4v) is 3.69. The molecule has 0 aliphatic heterocycles. The van der Waals surface area contributed by atoms with Gasteiger partial charge in [-0.1, -0.05) is 104 Å². The first-order valence-corrected chi connectivity index (χ1v) is 13.2. The molecule has 0 aromatic carbocycles. The first-order chi connectivity index (χ1) is 14.7. The summed E-state index contributed by atoms with van der Waals surface area (Å²) in [6.45, 7) is 9.54. The highest BCUT2D eigenvalue weighted by Crippen LogP contribution is 2.14. The Kier molecular flexibility index (Phi) is 25.0. The van der Waals surface area contributed by atoms with Gasteiger partial charge in [-0.15, -0.1) is 0 Å². The molecular weight excluding hydrogens is 376 g/mol. The molecule has 1 N–H and O–H groups in total.